The van der Waals surface area contributed by atoms with Gasteiger partial charge < -0.3 is 10.1 Å². The van der Waals surface area contributed by atoms with Crippen molar-refractivity contribution in [1.82, 2.24) is 15.1 Å². The molecule has 0 saturated carbocycles. The number of hydrogen-bond donors (Lipinski definition) is 1. The van der Waals surface area contributed by atoms with E-state index in [1.54, 1.807) is 24.1 Å². The van der Waals surface area contributed by atoms with Crippen molar-refractivity contribution in [3.63, 3.8) is 0 Å². The van der Waals surface area contributed by atoms with Crippen molar-refractivity contribution in [2.75, 3.05) is 20.2 Å². The van der Waals surface area contributed by atoms with E-state index in [4.69, 9.17) is 4.74 Å². The lowest BCUT2D eigenvalue weighted by atomic mass is 9.86. The average molecular weight is 251 g/mol. The van der Waals surface area contributed by atoms with Crippen molar-refractivity contribution < 1.29 is 9.53 Å². The van der Waals surface area contributed by atoms with E-state index in [0.717, 1.165) is 38.9 Å². The van der Waals surface area contributed by atoms with Gasteiger partial charge in [-0.2, -0.15) is 5.10 Å². The zero-order valence-electron chi connectivity index (χ0n) is 11.1. The molecule has 18 heavy (non-hydrogen) atoms. The molecule has 0 atom stereocenters. The standard InChI is InChI=1S/C13H21N3O2/c1-3-10-16-11(4-7-15-16)12(17)13(18-2)5-8-14-9-6-13/h4,7,14H,3,5-6,8-10H2,1-2H3. The topological polar surface area (TPSA) is 56.2 Å². The smallest absolute Gasteiger partial charge is 0.212 e. The second-order valence-electron chi connectivity index (χ2n) is 4.72. The number of nitrogens with zero attached hydrogens (tertiary/aromatic N) is 2. The van der Waals surface area contributed by atoms with Gasteiger partial charge in [0.1, 0.15) is 11.3 Å². The van der Waals surface area contributed by atoms with Crippen LogP contribution >= 0.6 is 0 Å². The zero-order chi connectivity index (χ0) is 13.0. The van der Waals surface area contributed by atoms with Crippen molar-refractivity contribution in [1.29, 1.82) is 0 Å². The van der Waals surface area contributed by atoms with Crippen LogP contribution in [0.1, 0.15) is 36.7 Å². The molecule has 1 saturated heterocycles. The second-order valence-corrected chi connectivity index (χ2v) is 4.72. The van der Waals surface area contributed by atoms with Crippen molar-refractivity contribution in [3.05, 3.63) is 18.0 Å². The summed E-state index contributed by atoms with van der Waals surface area (Å²) in [5.74, 6) is 0.0671. The number of aromatic nitrogens is 2. The predicted molar refractivity (Wildman–Crippen MR) is 68.7 cm³/mol. The van der Waals surface area contributed by atoms with Crippen LogP contribution < -0.4 is 5.32 Å². The van der Waals surface area contributed by atoms with E-state index in [0.29, 0.717) is 5.69 Å². The van der Waals surface area contributed by atoms with Gasteiger partial charge in [-0.15, -0.1) is 0 Å². The lowest BCUT2D eigenvalue weighted by molar-refractivity contribution is -0.0161. The Morgan fingerprint density at radius 3 is 2.89 bits per heavy atom. The highest BCUT2D eigenvalue weighted by molar-refractivity contribution is 6.01. The van der Waals surface area contributed by atoms with Crippen molar-refractivity contribution >= 4 is 5.78 Å². The molecule has 1 N–H and O–H groups in total. The molecule has 0 unspecified atom stereocenters. The monoisotopic (exact) mass is 251 g/mol. The third-order valence-electron chi connectivity index (χ3n) is 3.60. The Balaban J connectivity index is 2.25. The van der Waals surface area contributed by atoms with Crippen LogP contribution in [-0.2, 0) is 11.3 Å². The molecular formula is C13H21N3O2. The number of nitrogens with one attached hydrogen (secondary N) is 1. The highest BCUT2D eigenvalue weighted by Crippen LogP contribution is 2.27. The molecule has 2 heterocycles. The number of methoxy groups -OCH3 is 1. The fourth-order valence-electron chi connectivity index (χ4n) is 2.50. The van der Waals surface area contributed by atoms with Gasteiger partial charge in [-0.05, 0) is 38.4 Å². The molecule has 0 spiro atoms. The van der Waals surface area contributed by atoms with Gasteiger partial charge in [0.25, 0.3) is 0 Å². The third kappa shape index (κ3) is 2.33. The molecule has 1 aliphatic rings. The minimum Gasteiger partial charge on any atom is -0.370 e. The summed E-state index contributed by atoms with van der Waals surface area (Å²) < 4.78 is 7.35. The van der Waals surface area contributed by atoms with Gasteiger partial charge in [-0.1, -0.05) is 6.92 Å². The van der Waals surface area contributed by atoms with E-state index < -0.39 is 5.60 Å². The van der Waals surface area contributed by atoms with Crippen LogP contribution in [0.15, 0.2) is 12.3 Å². The van der Waals surface area contributed by atoms with Gasteiger partial charge in [-0.3, -0.25) is 9.48 Å². The molecule has 0 aromatic carbocycles. The number of aryl methyl sites for hydroxylation is 1. The van der Waals surface area contributed by atoms with Gasteiger partial charge in [0.05, 0.1) is 0 Å². The summed E-state index contributed by atoms with van der Waals surface area (Å²) in [4.78, 5) is 12.7. The van der Waals surface area contributed by atoms with E-state index in [2.05, 4.69) is 17.3 Å². The van der Waals surface area contributed by atoms with E-state index in [1.807, 2.05) is 0 Å². The van der Waals surface area contributed by atoms with Gasteiger partial charge in [-0.25, -0.2) is 0 Å². The first-order valence-electron chi connectivity index (χ1n) is 6.56. The Hall–Kier alpha value is -1.20. The van der Waals surface area contributed by atoms with Gasteiger partial charge in [0, 0.05) is 19.9 Å². The lowest BCUT2D eigenvalue weighted by Crippen LogP contribution is -2.49. The number of carbonyl (C=O) groups is 1. The normalized spacial score (nSPS) is 18.8. The van der Waals surface area contributed by atoms with Crippen LogP contribution in [0.4, 0.5) is 0 Å². The molecule has 1 aromatic heterocycles. The first-order valence-corrected chi connectivity index (χ1v) is 6.56. The molecule has 0 amide bonds. The molecule has 0 radical (unpaired) electrons. The number of ketones is 1. The molecule has 0 bridgehead atoms. The second kappa shape index (κ2) is 5.63. The van der Waals surface area contributed by atoms with Gasteiger partial charge in [0.2, 0.25) is 5.78 Å². The summed E-state index contributed by atoms with van der Waals surface area (Å²) in [5, 5.41) is 7.47. The minimum atomic E-state index is -0.670. The van der Waals surface area contributed by atoms with E-state index in [-0.39, 0.29) is 5.78 Å². The van der Waals surface area contributed by atoms with Crippen molar-refractivity contribution in [3.8, 4) is 0 Å². The lowest BCUT2D eigenvalue weighted by Gasteiger charge is -2.34. The van der Waals surface area contributed by atoms with Crippen LogP contribution in [0.25, 0.3) is 0 Å². The first-order chi connectivity index (χ1) is 8.73. The van der Waals surface area contributed by atoms with Crippen molar-refractivity contribution in [2.45, 2.75) is 38.3 Å². The van der Waals surface area contributed by atoms with E-state index in [9.17, 15) is 4.79 Å². The molecule has 5 nitrogen and oxygen atoms in total. The maximum Gasteiger partial charge on any atom is 0.212 e. The Morgan fingerprint density at radius 1 is 1.56 bits per heavy atom. The molecule has 2 rings (SSSR count). The predicted octanol–water partition coefficient (Wildman–Crippen LogP) is 1.24. The average Bonchev–Trinajstić information content (AvgIpc) is 2.87. The summed E-state index contributed by atoms with van der Waals surface area (Å²) >= 11 is 0. The summed E-state index contributed by atoms with van der Waals surface area (Å²) in [6.45, 7) is 4.49. The fourth-order valence-corrected chi connectivity index (χ4v) is 2.50. The fraction of sp³-hybridized carbons (Fsp3) is 0.692. The maximum atomic E-state index is 12.7. The van der Waals surface area contributed by atoms with E-state index in [1.165, 1.54) is 0 Å². The molecule has 1 aromatic rings. The zero-order valence-corrected chi connectivity index (χ0v) is 11.1. The van der Waals surface area contributed by atoms with Crippen LogP contribution in [0.2, 0.25) is 0 Å². The first kappa shape index (κ1) is 13.2. The maximum absolute atomic E-state index is 12.7. The Labute approximate surface area is 108 Å². The number of piperidine rings is 1. The molecule has 5 heteroatoms. The van der Waals surface area contributed by atoms with E-state index >= 15 is 0 Å². The van der Waals surface area contributed by atoms with Crippen LogP contribution in [-0.4, -0.2) is 41.4 Å². The number of Topliss-reactive ketones (excluding diaryl/α,β-unsaturated/α-hetero) is 1. The third-order valence-corrected chi connectivity index (χ3v) is 3.60. The van der Waals surface area contributed by atoms with Crippen LogP contribution in [0, 0.1) is 0 Å². The molecule has 1 fully saturated rings. The highest BCUT2D eigenvalue weighted by Gasteiger charge is 2.41. The summed E-state index contributed by atoms with van der Waals surface area (Å²) in [6.07, 6.45) is 4.09. The Bertz CT molecular complexity index is 408. The van der Waals surface area contributed by atoms with Crippen molar-refractivity contribution in [2.24, 2.45) is 0 Å². The minimum absolute atomic E-state index is 0.0671. The van der Waals surface area contributed by atoms with Gasteiger partial charge >= 0.3 is 0 Å². The molecule has 1 aliphatic heterocycles. The number of rotatable bonds is 5. The molecular weight excluding hydrogens is 230 g/mol. The SMILES string of the molecule is CCCn1nccc1C(=O)C1(OC)CCNCC1. The molecule has 0 aliphatic carbocycles. The summed E-state index contributed by atoms with van der Waals surface area (Å²) in [6, 6.07) is 1.79. The quantitative estimate of drug-likeness (QED) is 0.800. The number of hydrogen-bond acceptors (Lipinski definition) is 4. The number of carbonyl (C=O) groups excluding carboxylic acids is 1. The molecule has 100 valence electrons. The highest BCUT2D eigenvalue weighted by atomic mass is 16.5. The Morgan fingerprint density at radius 2 is 2.28 bits per heavy atom. The largest absolute Gasteiger partial charge is 0.370 e. The Kier molecular flexibility index (Phi) is 4.14. The van der Waals surface area contributed by atoms with Gasteiger partial charge in [0.15, 0.2) is 0 Å². The summed E-state index contributed by atoms with van der Waals surface area (Å²) in [7, 11) is 1.63. The van der Waals surface area contributed by atoms with Crippen LogP contribution in [0.5, 0.6) is 0 Å². The van der Waals surface area contributed by atoms with Crippen LogP contribution in [0.3, 0.4) is 0 Å². The number of ether oxygens (including phenoxy) is 1. The summed E-state index contributed by atoms with van der Waals surface area (Å²) in [5.41, 5.74) is -0.00264.